The van der Waals surface area contributed by atoms with E-state index in [1.54, 1.807) is 18.2 Å². The van der Waals surface area contributed by atoms with E-state index < -0.39 is 17.7 Å². The van der Waals surface area contributed by atoms with E-state index >= 15 is 0 Å². The molecule has 2 heterocycles. The van der Waals surface area contributed by atoms with Gasteiger partial charge in [-0.15, -0.1) is 11.3 Å². The summed E-state index contributed by atoms with van der Waals surface area (Å²) in [6.45, 7) is 2.43. The summed E-state index contributed by atoms with van der Waals surface area (Å²) < 4.78 is 10.3. The molecule has 1 amide bonds. The van der Waals surface area contributed by atoms with Crippen molar-refractivity contribution < 1.29 is 24.2 Å². The van der Waals surface area contributed by atoms with Crippen molar-refractivity contribution >= 4 is 40.4 Å². The number of likely N-dealkylation sites (tertiary alicyclic amines) is 1. The minimum atomic E-state index is -0.722. The maximum atomic E-state index is 12.8. The number of carbonyl (C=O) groups excluding carboxylic acids is 2. The Balaban J connectivity index is 2.18. The van der Waals surface area contributed by atoms with Crippen LogP contribution in [0, 0.1) is 6.92 Å². The van der Waals surface area contributed by atoms with Crippen molar-refractivity contribution in [3.05, 3.63) is 56.2 Å². The van der Waals surface area contributed by atoms with Crippen LogP contribution in [0.1, 0.15) is 22.0 Å². The Morgan fingerprint density at radius 3 is 2.64 bits per heavy atom. The molecule has 0 saturated carbocycles. The van der Waals surface area contributed by atoms with Gasteiger partial charge in [0.25, 0.3) is 11.7 Å². The predicted molar refractivity (Wildman–Crippen MR) is 108 cm³/mol. The van der Waals surface area contributed by atoms with E-state index in [1.807, 2.05) is 18.4 Å². The number of ether oxygens (including phenoxy) is 2. The third-order valence-electron chi connectivity index (χ3n) is 4.65. The van der Waals surface area contributed by atoms with Crippen LogP contribution in [0.2, 0.25) is 5.02 Å². The van der Waals surface area contributed by atoms with Crippen molar-refractivity contribution in [3.63, 3.8) is 0 Å². The summed E-state index contributed by atoms with van der Waals surface area (Å²) >= 11 is 7.50. The number of nitrogens with zero attached hydrogens (tertiary/aromatic N) is 1. The van der Waals surface area contributed by atoms with Crippen LogP contribution in [0.5, 0.6) is 5.75 Å². The standard InChI is InChI=1S/C20H20ClNO5S/c1-11-6-9-28-19(11)16-15(18(24)20(25)22(16)7-8-26-2)17(23)12-4-5-13(21)14(10-12)27-3/h4-6,9-10,16,23H,7-8H2,1-3H3/b17-15-. The zero-order valence-corrected chi connectivity index (χ0v) is 17.3. The van der Waals surface area contributed by atoms with Crippen molar-refractivity contribution in [2.75, 3.05) is 27.4 Å². The summed E-state index contributed by atoms with van der Waals surface area (Å²) in [6.07, 6.45) is 0. The Hall–Kier alpha value is -2.35. The molecule has 1 saturated heterocycles. The molecule has 1 atom stereocenters. The lowest BCUT2D eigenvalue weighted by Crippen LogP contribution is -2.32. The van der Waals surface area contributed by atoms with Gasteiger partial charge in [0, 0.05) is 24.1 Å². The molecule has 1 aliphatic rings. The number of Topliss-reactive ketones (excluding diaryl/α,β-unsaturated/α-hetero) is 1. The molecule has 1 unspecified atom stereocenters. The largest absolute Gasteiger partial charge is 0.507 e. The third-order valence-corrected chi connectivity index (χ3v) is 6.03. The average Bonchev–Trinajstić information content (AvgIpc) is 3.21. The van der Waals surface area contributed by atoms with E-state index in [1.165, 1.54) is 30.5 Å². The molecule has 6 nitrogen and oxygen atoms in total. The second-order valence-corrected chi connectivity index (χ2v) is 7.66. The van der Waals surface area contributed by atoms with Gasteiger partial charge in [0.2, 0.25) is 0 Å². The zero-order chi connectivity index (χ0) is 20.4. The topological polar surface area (TPSA) is 76.1 Å². The second-order valence-electron chi connectivity index (χ2n) is 6.30. The summed E-state index contributed by atoms with van der Waals surface area (Å²) in [5.41, 5.74) is 1.35. The molecule has 0 bridgehead atoms. The number of aliphatic hydroxyl groups excluding tert-OH is 1. The van der Waals surface area contributed by atoms with Crippen LogP contribution in [0.4, 0.5) is 0 Å². The molecule has 1 N–H and O–H groups in total. The number of hydrogen-bond acceptors (Lipinski definition) is 6. The number of carbonyl (C=O) groups is 2. The Labute approximate surface area is 171 Å². The number of amides is 1. The Bertz CT molecular complexity index is 952. The van der Waals surface area contributed by atoms with Crippen molar-refractivity contribution in [1.82, 2.24) is 4.90 Å². The van der Waals surface area contributed by atoms with Crippen LogP contribution in [0.25, 0.3) is 5.76 Å². The maximum Gasteiger partial charge on any atom is 0.295 e. The van der Waals surface area contributed by atoms with Crippen LogP contribution in [0.15, 0.2) is 35.2 Å². The number of rotatable bonds is 6. The number of thiophene rings is 1. The molecule has 1 fully saturated rings. The fraction of sp³-hybridized carbons (Fsp3) is 0.300. The number of methoxy groups -OCH3 is 2. The van der Waals surface area contributed by atoms with Crippen LogP contribution in [-0.2, 0) is 14.3 Å². The first kappa shape index (κ1) is 20.4. The Morgan fingerprint density at radius 2 is 2.04 bits per heavy atom. The fourth-order valence-electron chi connectivity index (χ4n) is 3.20. The van der Waals surface area contributed by atoms with E-state index in [0.29, 0.717) is 16.3 Å². The number of aliphatic hydroxyl groups is 1. The van der Waals surface area contributed by atoms with Gasteiger partial charge >= 0.3 is 0 Å². The number of ketones is 1. The molecule has 0 aliphatic carbocycles. The molecule has 2 aromatic rings. The van der Waals surface area contributed by atoms with Gasteiger partial charge in [-0.25, -0.2) is 0 Å². The first-order chi connectivity index (χ1) is 13.4. The SMILES string of the molecule is COCCN1C(=O)C(=O)/C(=C(\O)c2ccc(Cl)c(OC)c2)C1c1sccc1C. The van der Waals surface area contributed by atoms with E-state index in [0.717, 1.165) is 10.4 Å². The van der Waals surface area contributed by atoms with Gasteiger partial charge in [0.1, 0.15) is 11.5 Å². The number of aryl methyl sites for hydroxylation is 1. The summed E-state index contributed by atoms with van der Waals surface area (Å²) in [5.74, 6) is -1.27. The highest BCUT2D eigenvalue weighted by Crippen LogP contribution is 2.42. The maximum absolute atomic E-state index is 12.8. The smallest absolute Gasteiger partial charge is 0.295 e. The monoisotopic (exact) mass is 421 g/mol. The summed E-state index contributed by atoms with van der Waals surface area (Å²) in [6, 6.07) is 5.94. The summed E-state index contributed by atoms with van der Waals surface area (Å²) in [4.78, 5) is 27.8. The van der Waals surface area contributed by atoms with Gasteiger partial charge in [-0.1, -0.05) is 11.6 Å². The lowest BCUT2D eigenvalue weighted by molar-refractivity contribution is -0.140. The van der Waals surface area contributed by atoms with Crippen LogP contribution in [0.3, 0.4) is 0 Å². The number of halogens is 1. The quantitative estimate of drug-likeness (QED) is 0.436. The first-order valence-electron chi connectivity index (χ1n) is 8.56. The van der Waals surface area contributed by atoms with Crippen molar-refractivity contribution in [3.8, 4) is 5.75 Å². The molecule has 1 aromatic carbocycles. The lowest BCUT2D eigenvalue weighted by Gasteiger charge is -2.24. The molecule has 8 heteroatoms. The van der Waals surface area contributed by atoms with Gasteiger partial charge in [-0.3, -0.25) is 9.59 Å². The molecule has 0 spiro atoms. The van der Waals surface area contributed by atoms with E-state index in [-0.39, 0.29) is 24.5 Å². The van der Waals surface area contributed by atoms with Crippen molar-refractivity contribution in [1.29, 1.82) is 0 Å². The number of hydrogen-bond donors (Lipinski definition) is 1. The molecule has 1 aromatic heterocycles. The molecule has 1 aliphatic heterocycles. The van der Waals surface area contributed by atoms with Crippen LogP contribution in [-0.4, -0.2) is 49.1 Å². The predicted octanol–water partition coefficient (Wildman–Crippen LogP) is 3.79. The van der Waals surface area contributed by atoms with Gasteiger partial charge in [0.05, 0.1) is 30.4 Å². The summed E-state index contributed by atoms with van der Waals surface area (Å²) in [5, 5.41) is 13.3. The molecular formula is C20H20ClNO5S. The minimum Gasteiger partial charge on any atom is -0.507 e. The van der Waals surface area contributed by atoms with E-state index in [2.05, 4.69) is 0 Å². The van der Waals surface area contributed by atoms with Crippen LogP contribution >= 0.6 is 22.9 Å². The van der Waals surface area contributed by atoms with Crippen molar-refractivity contribution in [2.45, 2.75) is 13.0 Å². The number of benzene rings is 1. The molecule has 148 valence electrons. The zero-order valence-electron chi connectivity index (χ0n) is 15.7. The van der Waals surface area contributed by atoms with E-state index in [4.69, 9.17) is 21.1 Å². The third kappa shape index (κ3) is 3.53. The van der Waals surface area contributed by atoms with Crippen LogP contribution < -0.4 is 4.74 Å². The Morgan fingerprint density at radius 1 is 1.29 bits per heavy atom. The van der Waals surface area contributed by atoms with Gasteiger partial charge in [-0.05, 0) is 42.1 Å². The van der Waals surface area contributed by atoms with Crippen molar-refractivity contribution in [2.24, 2.45) is 0 Å². The summed E-state index contributed by atoms with van der Waals surface area (Å²) in [7, 11) is 2.99. The van der Waals surface area contributed by atoms with Gasteiger partial charge in [0.15, 0.2) is 0 Å². The molecule has 28 heavy (non-hydrogen) atoms. The first-order valence-corrected chi connectivity index (χ1v) is 9.81. The lowest BCUT2D eigenvalue weighted by atomic mass is 9.98. The molecule has 3 rings (SSSR count). The van der Waals surface area contributed by atoms with Gasteiger partial charge < -0.3 is 19.5 Å². The highest BCUT2D eigenvalue weighted by molar-refractivity contribution is 7.10. The molecule has 0 radical (unpaired) electrons. The van der Waals surface area contributed by atoms with E-state index in [9.17, 15) is 14.7 Å². The minimum absolute atomic E-state index is 0.0519. The second kappa shape index (κ2) is 8.34. The fourth-order valence-corrected chi connectivity index (χ4v) is 4.44. The Kier molecular flexibility index (Phi) is 6.07. The van der Waals surface area contributed by atoms with Gasteiger partial charge in [-0.2, -0.15) is 0 Å². The molecular weight excluding hydrogens is 402 g/mol. The normalized spacial score (nSPS) is 18.7. The highest BCUT2D eigenvalue weighted by Gasteiger charge is 2.46. The average molecular weight is 422 g/mol. The highest BCUT2D eigenvalue weighted by atomic mass is 35.5.